The highest BCUT2D eigenvalue weighted by atomic mass is 16.6. The molecule has 20 heavy (non-hydrogen) atoms. The third-order valence-electron chi connectivity index (χ3n) is 3.80. The fourth-order valence-electron chi connectivity index (χ4n) is 2.61. The molecule has 0 unspecified atom stereocenters. The van der Waals surface area contributed by atoms with Gasteiger partial charge in [0.05, 0.1) is 18.1 Å². The van der Waals surface area contributed by atoms with Crippen LogP contribution in [0.1, 0.15) is 18.4 Å². The lowest BCUT2D eigenvalue weighted by Crippen LogP contribution is -2.37. The van der Waals surface area contributed by atoms with Gasteiger partial charge in [-0.3, -0.25) is 10.1 Å². The highest BCUT2D eigenvalue weighted by Gasteiger charge is 2.26. The number of methoxy groups -OCH3 is 2. The van der Waals surface area contributed by atoms with Crippen LogP contribution in [0.15, 0.2) is 12.1 Å². The van der Waals surface area contributed by atoms with Gasteiger partial charge in [-0.1, -0.05) is 0 Å². The van der Waals surface area contributed by atoms with Gasteiger partial charge in [-0.15, -0.1) is 0 Å². The monoisotopic (exact) mass is 280 g/mol. The lowest BCUT2D eigenvalue weighted by atomic mass is 10.1. The molecule has 6 nitrogen and oxygen atoms in total. The molecule has 110 valence electrons. The molecule has 1 aliphatic rings. The number of nitrogens with zero attached hydrogens (tertiary/aromatic N) is 2. The van der Waals surface area contributed by atoms with Crippen molar-refractivity contribution in [3.05, 3.63) is 27.8 Å². The van der Waals surface area contributed by atoms with Crippen molar-refractivity contribution >= 4 is 11.4 Å². The van der Waals surface area contributed by atoms with E-state index < -0.39 is 0 Å². The zero-order valence-corrected chi connectivity index (χ0v) is 12.1. The van der Waals surface area contributed by atoms with Gasteiger partial charge in [0.2, 0.25) is 0 Å². The molecule has 0 spiro atoms. The van der Waals surface area contributed by atoms with Gasteiger partial charge in [0.1, 0.15) is 11.4 Å². The Morgan fingerprint density at radius 3 is 2.45 bits per heavy atom. The first-order chi connectivity index (χ1) is 9.56. The van der Waals surface area contributed by atoms with E-state index in [-0.39, 0.29) is 16.7 Å². The summed E-state index contributed by atoms with van der Waals surface area (Å²) in [5.41, 5.74) is 1.54. The van der Waals surface area contributed by atoms with Gasteiger partial charge in [0.25, 0.3) is 5.69 Å². The summed E-state index contributed by atoms with van der Waals surface area (Å²) in [5.74, 6) is 0.680. The first kappa shape index (κ1) is 14.6. The van der Waals surface area contributed by atoms with E-state index in [2.05, 4.69) is 0 Å². The quantitative estimate of drug-likeness (QED) is 0.626. The van der Waals surface area contributed by atoms with Gasteiger partial charge in [-0.05, 0) is 25.3 Å². The first-order valence-electron chi connectivity index (χ1n) is 6.67. The summed E-state index contributed by atoms with van der Waals surface area (Å²) in [6.45, 7) is 3.32. The molecule has 1 aliphatic heterocycles. The summed E-state index contributed by atoms with van der Waals surface area (Å²) >= 11 is 0. The molecular formula is C14H20N2O4. The van der Waals surface area contributed by atoms with Gasteiger partial charge in [0.15, 0.2) is 0 Å². The smallest absolute Gasteiger partial charge is 0.293 e. The summed E-state index contributed by atoms with van der Waals surface area (Å²) in [6, 6.07) is 3.34. The Bertz CT molecular complexity index is 496. The standard InChI is InChI=1S/C14H20N2O4/c1-10-8-13(16(17)18)12(9-14(10)20-3)15-6-4-11(19-2)5-7-15/h8-9,11H,4-7H2,1-3H3. The molecule has 6 heteroatoms. The Kier molecular flexibility index (Phi) is 4.44. The minimum atomic E-state index is -0.329. The van der Waals surface area contributed by atoms with E-state index in [0.29, 0.717) is 11.4 Å². The van der Waals surface area contributed by atoms with Gasteiger partial charge in [-0.25, -0.2) is 0 Å². The number of aryl methyl sites for hydroxylation is 1. The largest absolute Gasteiger partial charge is 0.496 e. The van der Waals surface area contributed by atoms with Gasteiger partial charge < -0.3 is 14.4 Å². The first-order valence-corrected chi connectivity index (χ1v) is 6.67. The van der Waals surface area contributed by atoms with Gasteiger partial charge in [-0.2, -0.15) is 0 Å². The van der Waals surface area contributed by atoms with Crippen molar-refractivity contribution in [2.75, 3.05) is 32.2 Å². The van der Waals surface area contributed by atoms with Crippen LogP contribution in [0, 0.1) is 17.0 Å². The molecule has 2 rings (SSSR count). The zero-order valence-electron chi connectivity index (χ0n) is 12.1. The molecule has 0 atom stereocenters. The van der Waals surface area contributed by atoms with Crippen LogP contribution in [0.4, 0.5) is 11.4 Å². The third-order valence-corrected chi connectivity index (χ3v) is 3.80. The molecular weight excluding hydrogens is 260 g/mol. The second kappa shape index (κ2) is 6.09. The minimum Gasteiger partial charge on any atom is -0.496 e. The van der Waals surface area contributed by atoms with Crippen molar-refractivity contribution in [3.63, 3.8) is 0 Å². The Hall–Kier alpha value is -1.82. The Morgan fingerprint density at radius 2 is 1.95 bits per heavy atom. The van der Waals surface area contributed by atoms with Crippen molar-refractivity contribution in [2.45, 2.75) is 25.9 Å². The zero-order chi connectivity index (χ0) is 14.7. The lowest BCUT2D eigenvalue weighted by molar-refractivity contribution is -0.384. The molecule has 0 N–H and O–H groups in total. The molecule has 0 radical (unpaired) electrons. The van der Waals surface area contributed by atoms with Crippen LogP contribution < -0.4 is 9.64 Å². The van der Waals surface area contributed by atoms with Crippen LogP contribution in [-0.4, -0.2) is 38.3 Å². The van der Waals surface area contributed by atoms with Crippen LogP contribution in [0.5, 0.6) is 5.75 Å². The molecule has 0 bridgehead atoms. The van der Waals surface area contributed by atoms with Crippen molar-refractivity contribution in [1.29, 1.82) is 0 Å². The SMILES string of the molecule is COc1cc(N2CCC(OC)CC2)c([N+](=O)[O-])cc1C. The molecule has 0 amide bonds. The van der Waals surface area contributed by atoms with E-state index in [0.717, 1.165) is 31.5 Å². The number of nitro benzene ring substituents is 1. The molecule has 1 fully saturated rings. The number of nitro groups is 1. The maximum Gasteiger partial charge on any atom is 0.293 e. The second-order valence-corrected chi connectivity index (χ2v) is 4.99. The molecule has 1 aromatic rings. The number of benzene rings is 1. The molecule has 1 heterocycles. The van der Waals surface area contributed by atoms with E-state index in [4.69, 9.17) is 9.47 Å². The van der Waals surface area contributed by atoms with E-state index >= 15 is 0 Å². The summed E-state index contributed by atoms with van der Waals surface area (Å²) in [7, 11) is 3.28. The van der Waals surface area contributed by atoms with Gasteiger partial charge in [0, 0.05) is 32.3 Å². The molecule has 1 aromatic carbocycles. The molecule has 0 aromatic heterocycles. The van der Waals surface area contributed by atoms with E-state index in [1.807, 2.05) is 11.8 Å². The number of anilines is 1. The van der Waals surface area contributed by atoms with Crippen LogP contribution >= 0.6 is 0 Å². The predicted molar refractivity (Wildman–Crippen MR) is 76.6 cm³/mol. The number of piperidine rings is 1. The Balaban J connectivity index is 2.32. The minimum absolute atomic E-state index is 0.138. The van der Waals surface area contributed by atoms with Crippen molar-refractivity contribution < 1.29 is 14.4 Å². The van der Waals surface area contributed by atoms with Crippen molar-refractivity contribution in [3.8, 4) is 5.75 Å². The van der Waals surface area contributed by atoms with Crippen LogP contribution in [-0.2, 0) is 4.74 Å². The van der Waals surface area contributed by atoms with Crippen LogP contribution in [0.2, 0.25) is 0 Å². The normalized spacial score (nSPS) is 16.2. The Labute approximate surface area is 118 Å². The second-order valence-electron chi connectivity index (χ2n) is 4.99. The number of hydrogen-bond acceptors (Lipinski definition) is 5. The van der Waals surface area contributed by atoms with Gasteiger partial charge >= 0.3 is 0 Å². The van der Waals surface area contributed by atoms with Crippen molar-refractivity contribution in [1.82, 2.24) is 0 Å². The van der Waals surface area contributed by atoms with E-state index in [1.54, 1.807) is 26.4 Å². The predicted octanol–water partition coefficient (Wildman–Crippen LogP) is 2.53. The average molecular weight is 280 g/mol. The number of ether oxygens (including phenoxy) is 2. The highest BCUT2D eigenvalue weighted by Crippen LogP contribution is 2.36. The van der Waals surface area contributed by atoms with E-state index in [9.17, 15) is 10.1 Å². The lowest BCUT2D eigenvalue weighted by Gasteiger charge is -2.32. The van der Waals surface area contributed by atoms with E-state index in [1.165, 1.54) is 0 Å². The Morgan fingerprint density at radius 1 is 1.30 bits per heavy atom. The molecule has 0 aliphatic carbocycles. The van der Waals surface area contributed by atoms with Crippen molar-refractivity contribution in [2.24, 2.45) is 0 Å². The molecule has 0 saturated carbocycles. The summed E-state index contributed by atoms with van der Waals surface area (Å²) in [5, 5.41) is 11.3. The number of rotatable bonds is 4. The maximum atomic E-state index is 11.3. The summed E-state index contributed by atoms with van der Waals surface area (Å²) in [4.78, 5) is 13.0. The average Bonchev–Trinajstić information content (AvgIpc) is 2.47. The highest BCUT2D eigenvalue weighted by molar-refractivity contribution is 5.68. The van der Waals surface area contributed by atoms with Crippen LogP contribution in [0.25, 0.3) is 0 Å². The fourth-order valence-corrected chi connectivity index (χ4v) is 2.61. The maximum absolute atomic E-state index is 11.3. The number of hydrogen-bond donors (Lipinski definition) is 0. The van der Waals surface area contributed by atoms with Crippen LogP contribution in [0.3, 0.4) is 0 Å². The molecule has 1 saturated heterocycles. The fraction of sp³-hybridized carbons (Fsp3) is 0.571. The topological polar surface area (TPSA) is 64.8 Å². The third kappa shape index (κ3) is 2.85. The summed E-state index contributed by atoms with van der Waals surface area (Å²) < 4.78 is 10.6. The summed E-state index contributed by atoms with van der Waals surface area (Å²) in [6.07, 6.45) is 2.01.